The first-order chi connectivity index (χ1) is 6.59. The number of primary amides is 1. The van der Waals surface area contributed by atoms with Gasteiger partial charge in [-0.15, -0.1) is 0 Å². The Morgan fingerprint density at radius 2 is 1.93 bits per heavy atom. The number of nitrogens with one attached hydrogen (secondary N) is 2. The molecule has 4 N–H and O–H groups in total. The van der Waals surface area contributed by atoms with Gasteiger partial charge < -0.3 is 16.4 Å². The van der Waals surface area contributed by atoms with Crippen molar-refractivity contribution < 1.29 is 9.59 Å². The lowest BCUT2D eigenvalue weighted by molar-refractivity contribution is -0.123. The maximum absolute atomic E-state index is 11.5. The van der Waals surface area contributed by atoms with E-state index in [1.807, 2.05) is 0 Å². The van der Waals surface area contributed by atoms with E-state index in [0.29, 0.717) is 0 Å². The van der Waals surface area contributed by atoms with E-state index >= 15 is 0 Å². The van der Waals surface area contributed by atoms with Gasteiger partial charge in [-0.1, -0.05) is 12.8 Å². The third-order valence-electron chi connectivity index (χ3n) is 2.45. The molecular formula is C9H17N3O2. The molecule has 0 radical (unpaired) electrons. The highest BCUT2D eigenvalue weighted by Gasteiger charge is 2.20. The number of carbonyl (C=O) groups is 2. The first-order valence-corrected chi connectivity index (χ1v) is 4.96. The van der Waals surface area contributed by atoms with Gasteiger partial charge in [0, 0.05) is 6.04 Å². The number of carbonyl (C=O) groups excluding carboxylic acids is 2. The van der Waals surface area contributed by atoms with Gasteiger partial charge in [0.1, 0.15) is 6.04 Å². The summed E-state index contributed by atoms with van der Waals surface area (Å²) in [5.41, 5.74) is 4.91. The number of hydrogen-bond acceptors (Lipinski definition) is 2. The number of rotatable bonds is 3. The maximum Gasteiger partial charge on any atom is 0.312 e. The van der Waals surface area contributed by atoms with Crippen molar-refractivity contribution >= 4 is 11.9 Å². The predicted octanol–water partition coefficient (Wildman–Crippen LogP) is 0.102. The highest BCUT2D eigenvalue weighted by Crippen LogP contribution is 2.17. The Morgan fingerprint density at radius 1 is 1.36 bits per heavy atom. The Balaban J connectivity index is 2.29. The molecule has 5 heteroatoms. The highest BCUT2D eigenvalue weighted by molar-refractivity contribution is 5.86. The maximum atomic E-state index is 11.5. The van der Waals surface area contributed by atoms with Crippen LogP contribution in [-0.4, -0.2) is 24.0 Å². The van der Waals surface area contributed by atoms with Crippen LogP contribution in [0.25, 0.3) is 0 Å². The summed E-state index contributed by atoms with van der Waals surface area (Å²) in [7, 11) is 0. The summed E-state index contributed by atoms with van der Waals surface area (Å²) in [5, 5.41) is 5.22. The summed E-state index contributed by atoms with van der Waals surface area (Å²) in [6.07, 6.45) is 4.41. The van der Waals surface area contributed by atoms with E-state index < -0.39 is 12.1 Å². The monoisotopic (exact) mass is 199 g/mol. The zero-order valence-corrected chi connectivity index (χ0v) is 8.38. The zero-order chi connectivity index (χ0) is 10.6. The van der Waals surface area contributed by atoms with Crippen molar-refractivity contribution in [1.82, 2.24) is 10.6 Å². The third-order valence-corrected chi connectivity index (χ3v) is 2.45. The van der Waals surface area contributed by atoms with Crippen LogP contribution < -0.4 is 16.4 Å². The fourth-order valence-electron chi connectivity index (χ4n) is 1.68. The Labute approximate surface area is 83.4 Å². The van der Waals surface area contributed by atoms with E-state index in [4.69, 9.17) is 5.73 Å². The summed E-state index contributed by atoms with van der Waals surface area (Å²) in [6, 6.07) is -0.938. The minimum absolute atomic E-state index is 0.157. The molecule has 1 fully saturated rings. The molecule has 0 spiro atoms. The first kappa shape index (κ1) is 10.8. The molecule has 0 aromatic heterocycles. The molecule has 0 aromatic carbocycles. The van der Waals surface area contributed by atoms with Crippen molar-refractivity contribution in [3.8, 4) is 0 Å². The molecule has 0 heterocycles. The van der Waals surface area contributed by atoms with Crippen LogP contribution in [0.2, 0.25) is 0 Å². The first-order valence-electron chi connectivity index (χ1n) is 4.96. The van der Waals surface area contributed by atoms with Gasteiger partial charge in [-0.05, 0) is 19.8 Å². The molecule has 3 amide bonds. The molecule has 80 valence electrons. The van der Waals surface area contributed by atoms with Crippen molar-refractivity contribution in [2.24, 2.45) is 5.73 Å². The summed E-state index contributed by atoms with van der Waals surface area (Å²) < 4.78 is 0. The summed E-state index contributed by atoms with van der Waals surface area (Å²) in [5.74, 6) is -0.157. The Morgan fingerprint density at radius 3 is 2.43 bits per heavy atom. The van der Waals surface area contributed by atoms with Gasteiger partial charge in [0.15, 0.2) is 0 Å². The molecule has 0 aromatic rings. The van der Waals surface area contributed by atoms with Crippen molar-refractivity contribution in [3.05, 3.63) is 0 Å². The lowest BCUT2D eigenvalue weighted by Gasteiger charge is -2.16. The average Bonchev–Trinajstić information content (AvgIpc) is 2.55. The van der Waals surface area contributed by atoms with E-state index in [1.54, 1.807) is 6.92 Å². The predicted molar refractivity (Wildman–Crippen MR) is 52.6 cm³/mol. The fraction of sp³-hybridized carbons (Fsp3) is 0.778. The van der Waals surface area contributed by atoms with Crippen LogP contribution in [0.15, 0.2) is 0 Å². The summed E-state index contributed by atoms with van der Waals surface area (Å²) in [4.78, 5) is 21.9. The average molecular weight is 199 g/mol. The van der Waals surface area contributed by atoms with Crippen LogP contribution >= 0.6 is 0 Å². The molecular weight excluding hydrogens is 182 g/mol. The van der Waals surface area contributed by atoms with E-state index in [2.05, 4.69) is 10.6 Å². The molecule has 14 heavy (non-hydrogen) atoms. The minimum Gasteiger partial charge on any atom is -0.352 e. The smallest absolute Gasteiger partial charge is 0.312 e. The van der Waals surface area contributed by atoms with E-state index in [1.165, 1.54) is 12.8 Å². The zero-order valence-electron chi connectivity index (χ0n) is 8.38. The standard InChI is InChI=1S/C9H17N3O2/c1-6(11-9(10)14)8(13)12-7-4-2-3-5-7/h6-7H,2-5H2,1H3,(H,12,13)(H3,10,11,14). The normalized spacial score (nSPS) is 18.9. The van der Waals surface area contributed by atoms with Gasteiger partial charge in [0.05, 0.1) is 0 Å². The molecule has 5 nitrogen and oxygen atoms in total. The highest BCUT2D eigenvalue weighted by atomic mass is 16.2. The van der Waals surface area contributed by atoms with Gasteiger partial charge in [0.2, 0.25) is 5.91 Å². The van der Waals surface area contributed by atoms with Gasteiger partial charge in [-0.25, -0.2) is 4.79 Å². The quantitative estimate of drug-likeness (QED) is 0.602. The minimum atomic E-state index is -0.668. The van der Waals surface area contributed by atoms with Crippen molar-refractivity contribution in [2.75, 3.05) is 0 Å². The van der Waals surface area contributed by atoms with E-state index in [-0.39, 0.29) is 11.9 Å². The molecule has 1 saturated carbocycles. The SMILES string of the molecule is CC(NC(N)=O)C(=O)NC1CCCC1. The van der Waals surface area contributed by atoms with Gasteiger partial charge >= 0.3 is 6.03 Å². The molecule has 0 saturated heterocycles. The second kappa shape index (κ2) is 4.83. The Kier molecular flexibility index (Phi) is 3.73. The molecule has 1 atom stereocenters. The van der Waals surface area contributed by atoms with Crippen LogP contribution in [0.5, 0.6) is 0 Å². The molecule has 0 aliphatic heterocycles. The summed E-state index contributed by atoms with van der Waals surface area (Å²) >= 11 is 0. The van der Waals surface area contributed by atoms with Crippen LogP contribution in [0, 0.1) is 0 Å². The second-order valence-corrected chi connectivity index (χ2v) is 3.72. The molecule has 0 bridgehead atoms. The lowest BCUT2D eigenvalue weighted by Crippen LogP contribution is -2.48. The Hall–Kier alpha value is -1.26. The van der Waals surface area contributed by atoms with Crippen molar-refractivity contribution in [1.29, 1.82) is 0 Å². The van der Waals surface area contributed by atoms with Gasteiger partial charge in [-0.2, -0.15) is 0 Å². The largest absolute Gasteiger partial charge is 0.352 e. The number of amides is 3. The second-order valence-electron chi connectivity index (χ2n) is 3.72. The van der Waals surface area contributed by atoms with E-state index in [9.17, 15) is 9.59 Å². The lowest BCUT2D eigenvalue weighted by atomic mass is 10.2. The van der Waals surface area contributed by atoms with Crippen LogP contribution in [0.1, 0.15) is 32.6 Å². The van der Waals surface area contributed by atoms with Gasteiger partial charge in [-0.3, -0.25) is 4.79 Å². The summed E-state index contributed by atoms with van der Waals surface area (Å²) in [6.45, 7) is 1.62. The van der Waals surface area contributed by atoms with Crippen LogP contribution in [0.3, 0.4) is 0 Å². The van der Waals surface area contributed by atoms with Crippen molar-refractivity contribution in [2.45, 2.75) is 44.7 Å². The van der Waals surface area contributed by atoms with Gasteiger partial charge in [0.25, 0.3) is 0 Å². The fourth-order valence-corrected chi connectivity index (χ4v) is 1.68. The topological polar surface area (TPSA) is 84.2 Å². The molecule has 1 rings (SSSR count). The number of urea groups is 1. The number of nitrogens with two attached hydrogens (primary N) is 1. The van der Waals surface area contributed by atoms with Crippen LogP contribution in [0.4, 0.5) is 4.79 Å². The molecule has 1 aliphatic rings. The number of hydrogen-bond donors (Lipinski definition) is 3. The third kappa shape index (κ3) is 3.24. The van der Waals surface area contributed by atoms with Crippen molar-refractivity contribution in [3.63, 3.8) is 0 Å². The molecule has 1 unspecified atom stereocenters. The van der Waals surface area contributed by atoms with E-state index in [0.717, 1.165) is 12.8 Å². The van der Waals surface area contributed by atoms with Crippen LogP contribution in [-0.2, 0) is 4.79 Å². The molecule has 1 aliphatic carbocycles. The Bertz CT molecular complexity index is 224.